The highest BCUT2D eigenvalue weighted by atomic mass is 79.9. The van der Waals surface area contributed by atoms with E-state index < -0.39 is 4.92 Å². The number of carbonyl (C=O) groups excluding carboxylic acids is 1. The molecule has 0 aliphatic heterocycles. The lowest BCUT2D eigenvalue weighted by Gasteiger charge is -2.07. The minimum atomic E-state index is -0.521. The quantitative estimate of drug-likeness (QED) is 0.277. The number of furan rings is 1. The van der Waals surface area contributed by atoms with Crippen molar-refractivity contribution in [1.82, 2.24) is 0 Å². The summed E-state index contributed by atoms with van der Waals surface area (Å²) in [5.74, 6) is 0.378. The number of halogens is 2. The van der Waals surface area contributed by atoms with Crippen molar-refractivity contribution in [3.63, 3.8) is 0 Å². The molecule has 0 fully saturated rings. The van der Waals surface area contributed by atoms with Crippen LogP contribution in [0, 0.1) is 17.0 Å². The monoisotopic (exact) mass is 460 g/mol. The Morgan fingerprint density at radius 1 is 1.25 bits per heavy atom. The Morgan fingerprint density at radius 3 is 2.79 bits per heavy atom. The minimum absolute atomic E-state index is 0.153. The fraction of sp³-hybridized carbons (Fsp3) is 0.0500. The van der Waals surface area contributed by atoms with E-state index in [4.69, 9.17) is 16.0 Å². The van der Waals surface area contributed by atoms with E-state index >= 15 is 0 Å². The second kappa shape index (κ2) is 8.41. The summed E-state index contributed by atoms with van der Waals surface area (Å²) in [5, 5.41) is 14.3. The predicted octanol–water partition coefficient (Wildman–Crippen LogP) is 6.23. The first-order chi connectivity index (χ1) is 13.3. The van der Waals surface area contributed by atoms with E-state index in [2.05, 4.69) is 21.2 Å². The molecule has 1 aromatic heterocycles. The van der Waals surface area contributed by atoms with Crippen LogP contribution in [0.4, 0.5) is 11.4 Å². The zero-order valence-electron chi connectivity index (χ0n) is 14.6. The number of carbonyl (C=O) groups is 1. The summed E-state index contributed by atoms with van der Waals surface area (Å²) in [6, 6.07) is 13.1. The molecule has 0 spiro atoms. The highest BCUT2D eigenvalue weighted by Crippen LogP contribution is 2.33. The zero-order valence-corrected chi connectivity index (χ0v) is 17.0. The van der Waals surface area contributed by atoms with Crippen molar-refractivity contribution in [2.24, 2.45) is 0 Å². The van der Waals surface area contributed by atoms with E-state index in [1.807, 2.05) is 19.1 Å². The number of nitrogens with zero attached hydrogens (tertiary/aromatic N) is 1. The summed E-state index contributed by atoms with van der Waals surface area (Å²) in [7, 11) is 0. The Hall–Kier alpha value is -2.90. The first-order valence-corrected chi connectivity index (χ1v) is 9.30. The van der Waals surface area contributed by atoms with Gasteiger partial charge in [-0.1, -0.05) is 33.6 Å². The average molecular weight is 462 g/mol. The average Bonchev–Trinajstić information content (AvgIpc) is 3.12. The first kappa shape index (κ1) is 19.9. The molecule has 0 radical (unpaired) electrons. The third kappa shape index (κ3) is 4.49. The minimum Gasteiger partial charge on any atom is -0.456 e. The molecule has 1 amide bonds. The summed E-state index contributed by atoms with van der Waals surface area (Å²) in [6.07, 6.45) is 2.83. The fourth-order valence-corrected chi connectivity index (χ4v) is 3.06. The lowest BCUT2D eigenvalue weighted by Crippen LogP contribution is -2.08. The van der Waals surface area contributed by atoms with Crippen LogP contribution in [0.5, 0.6) is 0 Å². The first-order valence-electron chi connectivity index (χ1n) is 8.13. The van der Waals surface area contributed by atoms with Crippen LogP contribution >= 0.6 is 27.5 Å². The Labute approximate surface area is 174 Å². The van der Waals surface area contributed by atoms with Gasteiger partial charge in [0.15, 0.2) is 0 Å². The van der Waals surface area contributed by atoms with Crippen LogP contribution in [0.25, 0.3) is 17.4 Å². The van der Waals surface area contributed by atoms with Gasteiger partial charge in [-0.2, -0.15) is 0 Å². The molecule has 142 valence electrons. The van der Waals surface area contributed by atoms with Crippen molar-refractivity contribution in [1.29, 1.82) is 0 Å². The van der Waals surface area contributed by atoms with Crippen molar-refractivity contribution in [2.75, 3.05) is 5.32 Å². The fourth-order valence-electron chi connectivity index (χ4n) is 2.53. The SMILES string of the molecule is Cc1c(Br)cccc1NC(=O)/C=C/c1ccc(-c2ccc(Cl)cc2[N+](=O)[O-])o1. The van der Waals surface area contributed by atoms with E-state index in [0.29, 0.717) is 22.8 Å². The van der Waals surface area contributed by atoms with Gasteiger partial charge in [0.25, 0.3) is 5.69 Å². The summed E-state index contributed by atoms with van der Waals surface area (Å²) in [6.45, 7) is 1.89. The molecule has 2 aromatic carbocycles. The van der Waals surface area contributed by atoms with Crippen molar-refractivity contribution in [3.8, 4) is 11.3 Å². The number of anilines is 1. The molecule has 0 unspecified atom stereocenters. The molecule has 0 bridgehead atoms. The topological polar surface area (TPSA) is 85.4 Å². The number of benzene rings is 2. The molecule has 8 heteroatoms. The molecule has 0 saturated heterocycles. The number of rotatable bonds is 5. The van der Waals surface area contributed by atoms with E-state index in [9.17, 15) is 14.9 Å². The predicted molar refractivity (Wildman–Crippen MR) is 112 cm³/mol. The Kier molecular flexibility index (Phi) is 5.96. The van der Waals surface area contributed by atoms with Gasteiger partial charge in [-0.3, -0.25) is 14.9 Å². The number of nitrogens with one attached hydrogen (secondary N) is 1. The van der Waals surface area contributed by atoms with Crippen LogP contribution in [-0.2, 0) is 4.79 Å². The largest absolute Gasteiger partial charge is 0.456 e. The third-order valence-electron chi connectivity index (χ3n) is 3.97. The van der Waals surface area contributed by atoms with E-state index in [1.54, 1.807) is 24.3 Å². The van der Waals surface area contributed by atoms with E-state index in [1.165, 1.54) is 24.3 Å². The van der Waals surface area contributed by atoms with Crippen molar-refractivity contribution in [3.05, 3.63) is 85.5 Å². The summed E-state index contributed by atoms with van der Waals surface area (Å²) >= 11 is 9.25. The molecular weight excluding hydrogens is 448 g/mol. The van der Waals surface area contributed by atoms with Crippen LogP contribution in [-0.4, -0.2) is 10.8 Å². The summed E-state index contributed by atoms with van der Waals surface area (Å²) < 4.78 is 6.52. The molecular formula is C20H14BrClN2O4. The van der Waals surface area contributed by atoms with Gasteiger partial charge in [0.1, 0.15) is 11.5 Å². The van der Waals surface area contributed by atoms with Crippen LogP contribution < -0.4 is 5.32 Å². The van der Waals surface area contributed by atoms with Crippen LogP contribution in [0.3, 0.4) is 0 Å². The second-order valence-corrected chi connectivity index (χ2v) is 7.15. The van der Waals surface area contributed by atoms with Gasteiger partial charge < -0.3 is 9.73 Å². The van der Waals surface area contributed by atoms with E-state index in [0.717, 1.165) is 10.0 Å². The Bertz CT molecular complexity index is 1090. The number of amides is 1. The lowest BCUT2D eigenvalue weighted by atomic mass is 10.1. The van der Waals surface area contributed by atoms with Gasteiger partial charge >= 0.3 is 0 Å². The maximum absolute atomic E-state index is 12.1. The molecule has 0 atom stereocenters. The van der Waals surface area contributed by atoms with Crippen LogP contribution in [0.2, 0.25) is 5.02 Å². The van der Waals surface area contributed by atoms with Crippen LogP contribution in [0.1, 0.15) is 11.3 Å². The van der Waals surface area contributed by atoms with Crippen molar-refractivity contribution < 1.29 is 14.1 Å². The summed E-state index contributed by atoms with van der Waals surface area (Å²) in [4.78, 5) is 22.9. The van der Waals surface area contributed by atoms with Gasteiger partial charge in [0, 0.05) is 27.3 Å². The van der Waals surface area contributed by atoms with Crippen LogP contribution in [0.15, 0.2) is 63.5 Å². The normalized spacial score (nSPS) is 11.0. The molecule has 1 heterocycles. The number of nitro groups is 1. The smallest absolute Gasteiger partial charge is 0.281 e. The van der Waals surface area contributed by atoms with Gasteiger partial charge in [-0.25, -0.2) is 0 Å². The highest BCUT2D eigenvalue weighted by Gasteiger charge is 2.18. The molecule has 1 N–H and O–H groups in total. The maximum Gasteiger partial charge on any atom is 0.281 e. The second-order valence-electron chi connectivity index (χ2n) is 5.86. The molecule has 6 nitrogen and oxygen atoms in total. The van der Waals surface area contributed by atoms with Crippen molar-refractivity contribution >= 4 is 50.9 Å². The maximum atomic E-state index is 12.1. The Morgan fingerprint density at radius 2 is 2.04 bits per heavy atom. The van der Waals surface area contributed by atoms with Gasteiger partial charge in [-0.05, 0) is 55.0 Å². The number of hydrogen-bond donors (Lipinski definition) is 1. The molecule has 28 heavy (non-hydrogen) atoms. The van der Waals surface area contributed by atoms with Gasteiger partial charge in [-0.15, -0.1) is 0 Å². The molecule has 0 aliphatic carbocycles. The summed E-state index contributed by atoms with van der Waals surface area (Å²) in [5.41, 5.74) is 1.77. The number of nitro benzene ring substituents is 1. The molecule has 3 rings (SSSR count). The molecule has 0 aliphatic rings. The molecule has 3 aromatic rings. The van der Waals surface area contributed by atoms with Gasteiger partial charge in [0.2, 0.25) is 5.91 Å². The highest BCUT2D eigenvalue weighted by molar-refractivity contribution is 9.10. The van der Waals surface area contributed by atoms with E-state index in [-0.39, 0.29) is 16.6 Å². The number of hydrogen-bond acceptors (Lipinski definition) is 4. The molecule has 0 saturated carbocycles. The third-order valence-corrected chi connectivity index (χ3v) is 5.07. The standard InChI is InChI=1S/C20H14BrClN2O4/c1-12-16(21)3-2-4-17(12)23-20(25)10-7-14-6-9-19(28-14)15-8-5-13(22)11-18(15)24(26)27/h2-11H,1H3,(H,23,25)/b10-7+. The lowest BCUT2D eigenvalue weighted by molar-refractivity contribution is -0.384. The van der Waals surface area contributed by atoms with Crippen molar-refractivity contribution in [2.45, 2.75) is 6.92 Å². The Balaban J connectivity index is 1.77. The van der Waals surface area contributed by atoms with Gasteiger partial charge in [0.05, 0.1) is 10.5 Å². The zero-order chi connectivity index (χ0) is 20.3.